The van der Waals surface area contributed by atoms with E-state index in [0.29, 0.717) is 17.8 Å². The van der Waals surface area contributed by atoms with Crippen molar-refractivity contribution in [3.05, 3.63) is 60.7 Å². The molecule has 2 aromatic rings. The van der Waals surface area contributed by atoms with Gasteiger partial charge in [-0.15, -0.1) is 0 Å². The molecule has 0 aromatic heterocycles. The van der Waals surface area contributed by atoms with Gasteiger partial charge in [-0.3, -0.25) is 31.3 Å². The molecule has 0 heterocycles. The van der Waals surface area contributed by atoms with Crippen molar-refractivity contribution in [1.82, 2.24) is 10.9 Å². The predicted octanol–water partition coefficient (Wildman–Crippen LogP) is 2.05. The van der Waals surface area contributed by atoms with Crippen molar-refractivity contribution in [2.24, 2.45) is 5.92 Å². The zero-order valence-corrected chi connectivity index (χ0v) is 14.6. The second-order valence-electron chi connectivity index (χ2n) is 5.81. The van der Waals surface area contributed by atoms with Crippen LogP contribution >= 0.6 is 0 Å². The average molecular weight is 356 g/mol. The highest BCUT2D eigenvalue weighted by Crippen LogP contribution is 2.12. The van der Waals surface area contributed by atoms with Gasteiger partial charge in [0.1, 0.15) is 5.92 Å². The lowest BCUT2D eigenvalue weighted by Crippen LogP contribution is -2.46. The van der Waals surface area contributed by atoms with Gasteiger partial charge in [0.2, 0.25) is 0 Å². The molecule has 5 N–H and O–H groups in total. The summed E-state index contributed by atoms with van der Waals surface area (Å²) in [7, 11) is 0. The predicted molar refractivity (Wildman–Crippen MR) is 101 cm³/mol. The summed E-state index contributed by atoms with van der Waals surface area (Å²) >= 11 is 0. The van der Waals surface area contributed by atoms with Crippen LogP contribution in [0.5, 0.6) is 0 Å². The van der Waals surface area contributed by atoms with Gasteiger partial charge in [0, 0.05) is 0 Å². The molecule has 2 aromatic carbocycles. The van der Waals surface area contributed by atoms with Crippen molar-refractivity contribution in [2.75, 3.05) is 10.9 Å². The van der Waals surface area contributed by atoms with E-state index in [0.717, 1.165) is 0 Å². The first-order chi connectivity index (χ1) is 12.6. The standard InChI is InChI=1S/C19H24N4O3/c1-2-16(24)13-17(18(25)22-20-14-9-5-3-6-10-14)19(26)23-21-15-11-7-4-8-12-15/h3-12,16-17,20-21,24H,2,13H2,1H3,(H,22,25)(H,23,26)/t16-/m1/s1. The van der Waals surface area contributed by atoms with Crippen molar-refractivity contribution < 1.29 is 14.7 Å². The Morgan fingerprint density at radius 1 is 0.846 bits per heavy atom. The molecule has 7 heteroatoms. The number of hydrogen-bond donors (Lipinski definition) is 5. The Morgan fingerprint density at radius 3 is 1.65 bits per heavy atom. The molecule has 0 bridgehead atoms. The van der Waals surface area contributed by atoms with Crippen molar-refractivity contribution >= 4 is 23.2 Å². The Bertz CT molecular complexity index is 639. The minimum absolute atomic E-state index is 0.0289. The highest BCUT2D eigenvalue weighted by molar-refractivity contribution is 6.01. The molecule has 138 valence electrons. The minimum Gasteiger partial charge on any atom is -0.393 e. The number of hydrogen-bond acceptors (Lipinski definition) is 5. The number of aliphatic hydroxyl groups is 1. The van der Waals surface area contributed by atoms with Crippen LogP contribution in [0.1, 0.15) is 19.8 Å². The Labute approximate surface area is 152 Å². The van der Waals surface area contributed by atoms with E-state index < -0.39 is 23.8 Å². The zero-order valence-electron chi connectivity index (χ0n) is 14.6. The summed E-state index contributed by atoms with van der Waals surface area (Å²) in [6, 6.07) is 18.1. The fourth-order valence-corrected chi connectivity index (χ4v) is 2.26. The number of aliphatic hydroxyl groups excluding tert-OH is 1. The normalized spacial score (nSPS) is 11.5. The summed E-state index contributed by atoms with van der Waals surface area (Å²) in [5.41, 5.74) is 12.0. The van der Waals surface area contributed by atoms with E-state index in [9.17, 15) is 14.7 Å². The molecule has 2 rings (SSSR count). The smallest absolute Gasteiger partial charge is 0.251 e. The molecule has 0 saturated heterocycles. The quantitative estimate of drug-likeness (QED) is 0.350. The molecule has 7 nitrogen and oxygen atoms in total. The van der Waals surface area contributed by atoms with E-state index >= 15 is 0 Å². The summed E-state index contributed by atoms with van der Waals surface area (Å²) in [6.07, 6.45) is -0.263. The van der Waals surface area contributed by atoms with Crippen LogP contribution in [0.3, 0.4) is 0 Å². The highest BCUT2D eigenvalue weighted by atomic mass is 16.3. The minimum atomic E-state index is -1.04. The van der Waals surface area contributed by atoms with E-state index in [1.54, 1.807) is 31.2 Å². The molecule has 0 fully saturated rings. The molecule has 26 heavy (non-hydrogen) atoms. The van der Waals surface area contributed by atoms with Gasteiger partial charge in [-0.2, -0.15) is 0 Å². The van der Waals surface area contributed by atoms with Crippen molar-refractivity contribution in [1.29, 1.82) is 0 Å². The molecule has 0 aliphatic rings. The summed E-state index contributed by atoms with van der Waals surface area (Å²) in [5, 5.41) is 9.90. The van der Waals surface area contributed by atoms with Gasteiger partial charge in [0.05, 0.1) is 17.5 Å². The lowest BCUT2D eigenvalue weighted by Gasteiger charge is -2.20. The van der Waals surface area contributed by atoms with Crippen molar-refractivity contribution in [2.45, 2.75) is 25.9 Å². The highest BCUT2D eigenvalue weighted by Gasteiger charge is 2.29. The summed E-state index contributed by atoms with van der Waals surface area (Å²) in [6.45, 7) is 1.79. The molecule has 1 atom stereocenters. The fraction of sp³-hybridized carbons (Fsp3) is 0.263. The lowest BCUT2D eigenvalue weighted by molar-refractivity contribution is -0.136. The summed E-state index contributed by atoms with van der Waals surface area (Å²) < 4.78 is 0. The SMILES string of the molecule is CC[C@@H](O)CC(C(=O)NNc1ccccc1)C(=O)NNc1ccccc1. The van der Waals surface area contributed by atoms with Gasteiger partial charge < -0.3 is 5.11 Å². The number of para-hydroxylation sites is 2. The van der Waals surface area contributed by atoms with Crippen LogP contribution in [-0.4, -0.2) is 23.0 Å². The second-order valence-corrected chi connectivity index (χ2v) is 5.81. The van der Waals surface area contributed by atoms with Gasteiger partial charge in [0.15, 0.2) is 0 Å². The molecule has 2 amide bonds. The van der Waals surface area contributed by atoms with Crippen LogP contribution < -0.4 is 21.7 Å². The van der Waals surface area contributed by atoms with Crippen LogP contribution in [0.2, 0.25) is 0 Å². The van der Waals surface area contributed by atoms with Gasteiger partial charge in [-0.25, -0.2) is 0 Å². The van der Waals surface area contributed by atoms with Gasteiger partial charge in [0.25, 0.3) is 11.8 Å². The summed E-state index contributed by atoms with van der Waals surface area (Å²) in [4.78, 5) is 24.9. The van der Waals surface area contributed by atoms with Crippen LogP contribution in [0, 0.1) is 5.92 Å². The topological polar surface area (TPSA) is 102 Å². The Hall–Kier alpha value is -3.06. The molecular weight excluding hydrogens is 332 g/mol. The lowest BCUT2D eigenvalue weighted by atomic mass is 9.98. The number of carbonyl (C=O) groups is 2. The van der Waals surface area contributed by atoms with Crippen molar-refractivity contribution in [3.63, 3.8) is 0 Å². The second kappa shape index (κ2) is 10.0. The molecule has 0 aliphatic carbocycles. The van der Waals surface area contributed by atoms with Crippen LogP contribution in [-0.2, 0) is 9.59 Å². The molecule has 0 unspecified atom stereocenters. The number of rotatable bonds is 9. The maximum absolute atomic E-state index is 12.4. The molecule has 0 radical (unpaired) electrons. The largest absolute Gasteiger partial charge is 0.393 e. The Balaban J connectivity index is 1.96. The third kappa shape index (κ3) is 6.10. The molecule has 0 saturated carbocycles. The van der Waals surface area contributed by atoms with E-state index in [1.807, 2.05) is 36.4 Å². The number of carbonyl (C=O) groups excluding carboxylic acids is 2. The van der Waals surface area contributed by atoms with Crippen LogP contribution in [0.15, 0.2) is 60.7 Å². The molecule has 0 spiro atoms. The van der Waals surface area contributed by atoms with Gasteiger partial charge >= 0.3 is 0 Å². The first-order valence-electron chi connectivity index (χ1n) is 8.50. The number of benzene rings is 2. The molecule has 0 aliphatic heterocycles. The number of hydrazine groups is 2. The van der Waals surface area contributed by atoms with E-state index in [2.05, 4.69) is 21.7 Å². The third-order valence-electron chi connectivity index (χ3n) is 3.82. The fourth-order valence-electron chi connectivity index (χ4n) is 2.26. The van der Waals surface area contributed by atoms with E-state index in [1.165, 1.54) is 0 Å². The number of anilines is 2. The number of nitrogens with one attached hydrogen (secondary N) is 4. The first-order valence-corrected chi connectivity index (χ1v) is 8.50. The Kier molecular flexibility index (Phi) is 7.45. The third-order valence-corrected chi connectivity index (χ3v) is 3.82. The summed E-state index contributed by atoms with van der Waals surface area (Å²) in [5.74, 6) is -2.08. The maximum atomic E-state index is 12.4. The average Bonchev–Trinajstić information content (AvgIpc) is 2.69. The van der Waals surface area contributed by atoms with Crippen molar-refractivity contribution in [3.8, 4) is 0 Å². The van der Waals surface area contributed by atoms with Crippen LogP contribution in [0.25, 0.3) is 0 Å². The maximum Gasteiger partial charge on any atom is 0.251 e. The first kappa shape index (κ1) is 19.3. The van der Waals surface area contributed by atoms with E-state index in [-0.39, 0.29) is 6.42 Å². The zero-order chi connectivity index (χ0) is 18.8. The van der Waals surface area contributed by atoms with Gasteiger partial charge in [-0.05, 0) is 37.1 Å². The Morgan fingerprint density at radius 2 is 1.27 bits per heavy atom. The monoisotopic (exact) mass is 356 g/mol. The van der Waals surface area contributed by atoms with E-state index in [4.69, 9.17) is 0 Å². The van der Waals surface area contributed by atoms with Crippen LogP contribution in [0.4, 0.5) is 11.4 Å². The number of amides is 2. The van der Waals surface area contributed by atoms with Gasteiger partial charge in [-0.1, -0.05) is 43.3 Å². The molecular formula is C19H24N4O3.